The van der Waals surface area contributed by atoms with Crippen LogP contribution in [0.2, 0.25) is 0 Å². The second kappa shape index (κ2) is 9.48. The van der Waals surface area contributed by atoms with Crippen LogP contribution in [0.15, 0.2) is 18.3 Å². The molecule has 3 heterocycles. The number of nitrogens with zero attached hydrogens (tertiary/aromatic N) is 3. The lowest BCUT2D eigenvalue weighted by atomic mass is 9.93. The van der Waals surface area contributed by atoms with Gasteiger partial charge in [0.15, 0.2) is 0 Å². The molecule has 0 radical (unpaired) electrons. The molecule has 2 aliphatic rings. The minimum Gasteiger partial charge on any atom is -0.474 e. The molecule has 0 aromatic carbocycles. The van der Waals surface area contributed by atoms with E-state index in [0.29, 0.717) is 19.1 Å². The number of ether oxygens (including phenoxy) is 3. The highest BCUT2D eigenvalue weighted by Gasteiger charge is 2.27. The third-order valence-corrected chi connectivity index (χ3v) is 5.78. The highest BCUT2D eigenvalue weighted by molar-refractivity contribution is 5.86. The van der Waals surface area contributed by atoms with Crippen molar-refractivity contribution in [1.29, 1.82) is 0 Å². The van der Waals surface area contributed by atoms with Gasteiger partial charge in [-0.15, -0.1) is 0 Å². The SMILES string of the molecule is Cc1cnc2cc(N3CCOCC3)nc(OC3CCC(NC(=O)OC(C)(C)C)CC3)c2c1. The monoisotopic (exact) mass is 442 g/mol. The number of alkyl carbamates (subject to hydrolysis) is 1. The van der Waals surface area contributed by atoms with Gasteiger partial charge in [-0.3, -0.25) is 4.98 Å². The van der Waals surface area contributed by atoms with Gasteiger partial charge in [0.25, 0.3) is 0 Å². The molecule has 0 spiro atoms. The smallest absolute Gasteiger partial charge is 0.407 e. The largest absolute Gasteiger partial charge is 0.474 e. The number of rotatable bonds is 4. The van der Waals surface area contributed by atoms with Crippen LogP contribution in [0.4, 0.5) is 10.6 Å². The van der Waals surface area contributed by atoms with Gasteiger partial charge < -0.3 is 24.4 Å². The van der Waals surface area contributed by atoms with Gasteiger partial charge in [-0.1, -0.05) is 0 Å². The number of anilines is 1. The number of morpholine rings is 1. The van der Waals surface area contributed by atoms with Gasteiger partial charge in [-0.05, 0) is 65.0 Å². The molecule has 1 N–H and O–H groups in total. The van der Waals surface area contributed by atoms with Crippen molar-refractivity contribution < 1.29 is 19.0 Å². The molecule has 2 aromatic rings. The molecule has 32 heavy (non-hydrogen) atoms. The molecular formula is C24H34N4O4. The van der Waals surface area contributed by atoms with Crippen LogP contribution in [0.1, 0.15) is 52.0 Å². The van der Waals surface area contributed by atoms with Crippen LogP contribution >= 0.6 is 0 Å². The summed E-state index contributed by atoms with van der Waals surface area (Å²) in [7, 11) is 0. The summed E-state index contributed by atoms with van der Waals surface area (Å²) in [6.07, 6.45) is 4.99. The third-order valence-electron chi connectivity index (χ3n) is 5.78. The summed E-state index contributed by atoms with van der Waals surface area (Å²) in [4.78, 5) is 23.8. The molecule has 0 unspecified atom stereocenters. The Morgan fingerprint density at radius 3 is 2.56 bits per heavy atom. The molecule has 8 nitrogen and oxygen atoms in total. The van der Waals surface area contributed by atoms with Crippen LogP contribution < -0.4 is 15.0 Å². The summed E-state index contributed by atoms with van der Waals surface area (Å²) in [5, 5.41) is 3.93. The first kappa shape index (κ1) is 22.6. The molecule has 0 atom stereocenters. The Hall–Kier alpha value is -2.61. The van der Waals surface area contributed by atoms with Gasteiger partial charge in [-0.2, -0.15) is 4.98 Å². The van der Waals surface area contributed by atoms with Crippen molar-refractivity contribution >= 4 is 22.8 Å². The van der Waals surface area contributed by atoms with Crippen molar-refractivity contribution in [1.82, 2.24) is 15.3 Å². The molecule has 1 amide bonds. The number of amides is 1. The van der Waals surface area contributed by atoms with Crippen LogP contribution in [0.5, 0.6) is 5.88 Å². The molecule has 1 saturated carbocycles. The molecule has 1 aliphatic heterocycles. The van der Waals surface area contributed by atoms with Crippen LogP contribution in [-0.2, 0) is 9.47 Å². The van der Waals surface area contributed by atoms with E-state index in [0.717, 1.165) is 61.1 Å². The number of aryl methyl sites for hydroxylation is 1. The van der Waals surface area contributed by atoms with Gasteiger partial charge in [0.1, 0.15) is 17.5 Å². The zero-order valence-corrected chi connectivity index (χ0v) is 19.5. The average Bonchev–Trinajstić information content (AvgIpc) is 2.74. The van der Waals surface area contributed by atoms with E-state index in [4.69, 9.17) is 19.2 Å². The molecular weight excluding hydrogens is 408 g/mol. The summed E-state index contributed by atoms with van der Waals surface area (Å²) in [5.41, 5.74) is 1.48. The zero-order valence-electron chi connectivity index (χ0n) is 19.5. The fraction of sp³-hybridized carbons (Fsp3) is 0.625. The molecule has 2 aromatic heterocycles. The maximum absolute atomic E-state index is 12.1. The fourth-order valence-corrected chi connectivity index (χ4v) is 4.19. The van der Waals surface area contributed by atoms with Crippen LogP contribution in [0, 0.1) is 6.92 Å². The first-order valence-corrected chi connectivity index (χ1v) is 11.5. The van der Waals surface area contributed by atoms with Gasteiger partial charge >= 0.3 is 6.09 Å². The van der Waals surface area contributed by atoms with Crippen molar-refractivity contribution in [3.63, 3.8) is 0 Å². The lowest BCUT2D eigenvalue weighted by Gasteiger charge is -2.31. The maximum atomic E-state index is 12.1. The lowest BCUT2D eigenvalue weighted by molar-refractivity contribution is 0.0470. The molecule has 0 bridgehead atoms. The molecule has 4 rings (SSSR count). The van der Waals surface area contributed by atoms with Crippen LogP contribution in [-0.4, -0.2) is 60.1 Å². The number of hydrogen-bond donors (Lipinski definition) is 1. The topological polar surface area (TPSA) is 85.8 Å². The Balaban J connectivity index is 1.44. The first-order chi connectivity index (χ1) is 15.3. The van der Waals surface area contributed by atoms with Crippen molar-refractivity contribution in [2.45, 2.75) is 71.1 Å². The molecule has 2 fully saturated rings. The van der Waals surface area contributed by atoms with Gasteiger partial charge in [0.05, 0.1) is 24.1 Å². The van der Waals surface area contributed by atoms with Crippen molar-refractivity contribution in [2.75, 3.05) is 31.2 Å². The van der Waals surface area contributed by atoms with Crippen LogP contribution in [0.3, 0.4) is 0 Å². The van der Waals surface area contributed by atoms with E-state index >= 15 is 0 Å². The normalized spacial score (nSPS) is 21.9. The van der Waals surface area contributed by atoms with Crippen molar-refractivity contribution in [3.05, 3.63) is 23.9 Å². The van der Waals surface area contributed by atoms with Crippen molar-refractivity contribution in [3.8, 4) is 5.88 Å². The predicted molar refractivity (Wildman–Crippen MR) is 123 cm³/mol. The summed E-state index contributed by atoms with van der Waals surface area (Å²) in [6.45, 7) is 10.7. The van der Waals surface area contributed by atoms with Crippen molar-refractivity contribution in [2.24, 2.45) is 0 Å². The summed E-state index contributed by atoms with van der Waals surface area (Å²) >= 11 is 0. The van der Waals surface area contributed by atoms with E-state index in [2.05, 4.69) is 21.3 Å². The van der Waals surface area contributed by atoms with E-state index in [1.165, 1.54) is 0 Å². The summed E-state index contributed by atoms with van der Waals surface area (Å²) in [6, 6.07) is 4.23. The minimum absolute atomic E-state index is 0.0582. The Morgan fingerprint density at radius 1 is 1.16 bits per heavy atom. The first-order valence-electron chi connectivity index (χ1n) is 11.5. The third kappa shape index (κ3) is 5.79. The number of hydrogen-bond acceptors (Lipinski definition) is 7. The Kier molecular flexibility index (Phi) is 6.69. The Morgan fingerprint density at radius 2 is 1.88 bits per heavy atom. The lowest BCUT2D eigenvalue weighted by Crippen LogP contribution is -2.42. The second-order valence-electron chi connectivity index (χ2n) is 9.70. The van der Waals surface area contributed by atoms with Gasteiger partial charge in [-0.25, -0.2) is 4.79 Å². The van der Waals surface area contributed by atoms with Crippen LogP contribution in [0.25, 0.3) is 10.9 Å². The highest BCUT2D eigenvalue weighted by Crippen LogP contribution is 2.31. The zero-order chi connectivity index (χ0) is 22.7. The average molecular weight is 443 g/mol. The summed E-state index contributed by atoms with van der Waals surface area (Å²) in [5.74, 6) is 1.52. The summed E-state index contributed by atoms with van der Waals surface area (Å²) < 4.78 is 17.3. The highest BCUT2D eigenvalue weighted by atomic mass is 16.6. The maximum Gasteiger partial charge on any atom is 0.407 e. The van der Waals surface area contributed by atoms with Gasteiger partial charge in [0.2, 0.25) is 5.88 Å². The van der Waals surface area contributed by atoms with E-state index < -0.39 is 5.60 Å². The predicted octanol–water partition coefficient (Wildman–Crippen LogP) is 3.99. The second-order valence-corrected chi connectivity index (χ2v) is 9.70. The van der Waals surface area contributed by atoms with E-state index in [1.807, 2.05) is 40.0 Å². The number of carbonyl (C=O) groups excluding carboxylic acids is 1. The molecule has 174 valence electrons. The molecule has 8 heteroatoms. The Labute approximate surface area is 189 Å². The molecule has 1 aliphatic carbocycles. The van der Waals surface area contributed by atoms with E-state index in [1.54, 1.807) is 0 Å². The number of nitrogens with one attached hydrogen (secondary N) is 1. The van der Waals surface area contributed by atoms with E-state index in [-0.39, 0.29) is 18.2 Å². The standard InChI is InChI=1S/C24H34N4O4/c1-16-13-19-20(25-15-16)14-21(28-9-11-30-12-10-28)27-22(19)31-18-7-5-17(6-8-18)26-23(29)32-24(2,3)4/h13-15,17-18H,5-12H2,1-4H3,(H,26,29). The minimum atomic E-state index is -0.491. The number of fused-ring (bicyclic) bond motifs is 1. The quantitative estimate of drug-likeness (QED) is 0.766. The van der Waals surface area contributed by atoms with E-state index in [9.17, 15) is 4.79 Å². The van der Waals surface area contributed by atoms with Gasteiger partial charge in [0, 0.05) is 31.4 Å². The number of pyridine rings is 2. The fourth-order valence-electron chi connectivity index (χ4n) is 4.19. The molecule has 1 saturated heterocycles. The number of aromatic nitrogens is 2. The number of carbonyl (C=O) groups is 1. The Bertz CT molecular complexity index is 945.